The second-order valence-corrected chi connectivity index (χ2v) is 6.08. The molecule has 1 atom stereocenters. The molecule has 0 N–H and O–H groups in total. The van der Waals surface area contributed by atoms with E-state index in [4.69, 9.17) is 14.2 Å². The average molecular weight is 365 g/mol. The quantitative estimate of drug-likeness (QED) is 0.566. The van der Waals surface area contributed by atoms with Gasteiger partial charge in [-0.05, 0) is 43.8 Å². The number of ether oxygens (including phenoxy) is 3. The Hall–Kier alpha value is -2.48. The number of hydrogen-bond donors (Lipinski definition) is 0. The van der Waals surface area contributed by atoms with Gasteiger partial charge in [0.25, 0.3) is 11.1 Å². The van der Waals surface area contributed by atoms with Crippen molar-refractivity contribution in [2.24, 2.45) is 0 Å². The molecule has 1 aliphatic rings. The molecular formula is C17H19NO6S. The highest BCUT2D eigenvalue weighted by molar-refractivity contribution is 8.18. The molecule has 1 aromatic carbocycles. The van der Waals surface area contributed by atoms with E-state index in [0.29, 0.717) is 17.1 Å². The molecule has 1 heterocycles. The molecule has 0 radical (unpaired) electrons. The molecule has 2 rings (SSSR count). The van der Waals surface area contributed by atoms with E-state index in [1.54, 1.807) is 31.2 Å². The van der Waals surface area contributed by atoms with Crippen LogP contribution in [0.4, 0.5) is 4.79 Å². The van der Waals surface area contributed by atoms with E-state index < -0.39 is 23.2 Å². The molecule has 2 amide bonds. The van der Waals surface area contributed by atoms with Crippen LogP contribution >= 0.6 is 11.8 Å². The van der Waals surface area contributed by atoms with Crippen molar-refractivity contribution in [3.05, 3.63) is 28.7 Å². The van der Waals surface area contributed by atoms with Gasteiger partial charge in [0.05, 0.1) is 25.7 Å². The Labute approximate surface area is 149 Å². The zero-order valence-corrected chi connectivity index (χ0v) is 15.2. The first-order valence-corrected chi connectivity index (χ1v) is 8.40. The lowest BCUT2D eigenvalue weighted by Crippen LogP contribution is -2.42. The van der Waals surface area contributed by atoms with Crippen molar-refractivity contribution in [3.8, 4) is 11.5 Å². The van der Waals surface area contributed by atoms with Gasteiger partial charge in [0, 0.05) is 11.6 Å². The molecule has 1 fully saturated rings. The lowest BCUT2D eigenvalue weighted by molar-refractivity contribution is -0.150. The van der Waals surface area contributed by atoms with Crippen molar-refractivity contribution in [1.29, 1.82) is 0 Å². The zero-order chi connectivity index (χ0) is 18.6. The van der Waals surface area contributed by atoms with Crippen molar-refractivity contribution in [3.63, 3.8) is 0 Å². The van der Waals surface area contributed by atoms with Crippen LogP contribution in [0.5, 0.6) is 11.5 Å². The summed E-state index contributed by atoms with van der Waals surface area (Å²) in [4.78, 5) is 37.6. The molecule has 1 aromatic rings. The smallest absolute Gasteiger partial charge is 0.329 e. The number of rotatable bonds is 6. The van der Waals surface area contributed by atoms with Crippen molar-refractivity contribution in [1.82, 2.24) is 4.90 Å². The SMILES string of the molecule is CCOC(=O)[C@@H](C)N1C(=O)S/C(=C\c2ccc(OC)cc2OC)C1=O. The number of hydrogen-bond acceptors (Lipinski definition) is 7. The van der Waals surface area contributed by atoms with Gasteiger partial charge in [0.15, 0.2) is 0 Å². The van der Waals surface area contributed by atoms with Gasteiger partial charge < -0.3 is 14.2 Å². The lowest BCUT2D eigenvalue weighted by atomic mass is 10.1. The Morgan fingerprint density at radius 1 is 1.28 bits per heavy atom. The maximum absolute atomic E-state index is 12.5. The number of benzene rings is 1. The molecular weight excluding hydrogens is 346 g/mol. The number of amides is 2. The Bertz CT molecular complexity index is 730. The molecule has 25 heavy (non-hydrogen) atoms. The summed E-state index contributed by atoms with van der Waals surface area (Å²) in [5, 5.41) is -0.510. The van der Waals surface area contributed by atoms with Crippen LogP contribution in [0.2, 0.25) is 0 Å². The predicted octanol–water partition coefficient (Wildman–Crippen LogP) is 2.69. The minimum Gasteiger partial charge on any atom is -0.497 e. The number of thioether (sulfide) groups is 1. The fraction of sp³-hybridized carbons (Fsp3) is 0.353. The molecule has 0 unspecified atom stereocenters. The summed E-state index contributed by atoms with van der Waals surface area (Å²) in [7, 11) is 3.04. The largest absolute Gasteiger partial charge is 0.497 e. The van der Waals surface area contributed by atoms with Crippen molar-refractivity contribution in [2.75, 3.05) is 20.8 Å². The maximum Gasteiger partial charge on any atom is 0.329 e. The van der Waals surface area contributed by atoms with E-state index in [-0.39, 0.29) is 11.5 Å². The van der Waals surface area contributed by atoms with Crippen molar-refractivity contribution in [2.45, 2.75) is 19.9 Å². The molecule has 1 aliphatic heterocycles. The number of esters is 1. The predicted molar refractivity (Wildman–Crippen MR) is 93.5 cm³/mol. The normalized spacial score (nSPS) is 17.0. The number of methoxy groups -OCH3 is 2. The third-order valence-corrected chi connectivity index (χ3v) is 4.45. The first kappa shape index (κ1) is 18.9. The van der Waals surface area contributed by atoms with Crippen LogP contribution < -0.4 is 9.47 Å². The molecule has 0 aliphatic carbocycles. The monoisotopic (exact) mass is 365 g/mol. The molecule has 0 saturated carbocycles. The highest BCUT2D eigenvalue weighted by Gasteiger charge is 2.41. The van der Waals surface area contributed by atoms with Crippen LogP contribution in [0.3, 0.4) is 0 Å². The third-order valence-electron chi connectivity index (χ3n) is 3.57. The number of carbonyl (C=O) groups is 3. The van der Waals surface area contributed by atoms with Gasteiger partial charge in [0.1, 0.15) is 17.5 Å². The van der Waals surface area contributed by atoms with Crippen LogP contribution in [-0.4, -0.2) is 48.9 Å². The highest BCUT2D eigenvalue weighted by atomic mass is 32.2. The topological polar surface area (TPSA) is 82.1 Å². The zero-order valence-electron chi connectivity index (χ0n) is 14.4. The number of imide groups is 1. The second-order valence-electron chi connectivity index (χ2n) is 5.09. The van der Waals surface area contributed by atoms with Gasteiger partial charge in [-0.15, -0.1) is 0 Å². The Morgan fingerprint density at radius 3 is 2.60 bits per heavy atom. The van der Waals surface area contributed by atoms with Gasteiger partial charge in [-0.25, -0.2) is 4.79 Å². The van der Waals surface area contributed by atoms with Gasteiger partial charge in [0.2, 0.25) is 0 Å². The minimum atomic E-state index is -0.976. The van der Waals surface area contributed by atoms with E-state index in [1.807, 2.05) is 0 Å². The van der Waals surface area contributed by atoms with E-state index in [0.717, 1.165) is 16.7 Å². The van der Waals surface area contributed by atoms with E-state index in [2.05, 4.69) is 0 Å². The van der Waals surface area contributed by atoms with Crippen LogP contribution in [0.25, 0.3) is 6.08 Å². The molecule has 0 spiro atoms. The second kappa shape index (κ2) is 8.06. The first-order valence-electron chi connectivity index (χ1n) is 7.58. The minimum absolute atomic E-state index is 0.179. The Morgan fingerprint density at radius 2 is 2.00 bits per heavy atom. The molecule has 8 heteroatoms. The Balaban J connectivity index is 2.30. The van der Waals surface area contributed by atoms with Crippen LogP contribution in [0.15, 0.2) is 23.1 Å². The van der Waals surface area contributed by atoms with Gasteiger partial charge in [-0.1, -0.05) is 0 Å². The standard InChI is InChI=1S/C17H19NO6S/c1-5-24-16(20)10(2)18-15(19)14(25-17(18)21)8-11-6-7-12(22-3)9-13(11)23-4/h6-10H,5H2,1-4H3/b14-8-/t10-/m1/s1. The fourth-order valence-electron chi connectivity index (χ4n) is 2.26. The van der Waals surface area contributed by atoms with Crippen molar-refractivity contribution < 1.29 is 28.6 Å². The van der Waals surface area contributed by atoms with E-state index >= 15 is 0 Å². The molecule has 0 bridgehead atoms. The number of carbonyl (C=O) groups excluding carboxylic acids is 3. The van der Waals surface area contributed by atoms with Crippen LogP contribution in [0, 0.1) is 0 Å². The molecule has 0 aromatic heterocycles. The summed E-state index contributed by atoms with van der Waals surface area (Å²) in [5.41, 5.74) is 0.623. The molecule has 134 valence electrons. The number of nitrogens with zero attached hydrogens (tertiary/aromatic N) is 1. The van der Waals surface area contributed by atoms with Crippen LogP contribution in [-0.2, 0) is 14.3 Å². The summed E-state index contributed by atoms with van der Waals surface area (Å²) in [6.45, 7) is 3.30. The summed E-state index contributed by atoms with van der Waals surface area (Å²) in [6, 6.07) is 4.15. The molecule has 7 nitrogen and oxygen atoms in total. The van der Waals surface area contributed by atoms with Gasteiger partial charge in [-0.2, -0.15) is 0 Å². The highest BCUT2D eigenvalue weighted by Crippen LogP contribution is 2.36. The Kier molecular flexibility index (Phi) is 6.08. The van der Waals surface area contributed by atoms with Crippen molar-refractivity contribution >= 4 is 35.0 Å². The summed E-state index contributed by atoms with van der Waals surface area (Å²) >= 11 is 0.774. The van der Waals surface area contributed by atoms with Crippen LogP contribution in [0.1, 0.15) is 19.4 Å². The maximum atomic E-state index is 12.5. The lowest BCUT2D eigenvalue weighted by Gasteiger charge is -2.19. The molecule has 1 saturated heterocycles. The van der Waals surface area contributed by atoms with E-state index in [1.165, 1.54) is 21.1 Å². The average Bonchev–Trinajstić information content (AvgIpc) is 2.88. The summed E-state index contributed by atoms with van der Waals surface area (Å²) < 4.78 is 15.3. The third kappa shape index (κ3) is 3.96. The summed E-state index contributed by atoms with van der Waals surface area (Å²) in [5.74, 6) is -0.0378. The fourth-order valence-corrected chi connectivity index (χ4v) is 3.16. The summed E-state index contributed by atoms with van der Waals surface area (Å²) in [6.07, 6.45) is 1.56. The van der Waals surface area contributed by atoms with Gasteiger partial charge >= 0.3 is 5.97 Å². The van der Waals surface area contributed by atoms with E-state index in [9.17, 15) is 14.4 Å². The van der Waals surface area contributed by atoms with Gasteiger partial charge in [-0.3, -0.25) is 14.5 Å². The first-order chi connectivity index (χ1) is 11.9.